The highest BCUT2D eigenvalue weighted by Gasteiger charge is 2.35. The van der Waals surface area contributed by atoms with Crippen molar-refractivity contribution in [3.05, 3.63) is 35.4 Å². The van der Waals surface area contributed by atoms with Crippen molar-refractivity contribution in [2.24, 2.45) is 5.92 Å². The lowest BCUT2D eigenvalue weighted by molar-refractivity contribution is -0.118. The Kier molecular flexibility index (Phi) is 6.48. The molecular formula is C21H29N3O3. The first-order valence-electron chi connectivity index (χ1n) is 10.00. The quantitative estimate of drug-likeness (QED) is 0.780. The van der Waals surface area contributed by atoms with Gasteiger partial charge >= 0.3 is 0 Å². The van der Waals surface area contributed by atoms with Crippen LogP contribution in [0.2, 0.25) is 0 Å². The third kappa shape index (κ3) is 4.87. The summed E-state index contributed by atoms with van der Waals surface area (Å²) in [5.41, 5.74) is 1.17. The van der Waals surface area contributed by atoms with Crippen LogP contribution in [0.25, 0.3) is 0 Å². The van der Waals surface area contributed by atoms with Gasteiger partial charge in [-0.3, -0.25) is 14.4 Å². The summed E-state index contributed by atoms with van der Waals surface area (Å²) >= 11 is 0. The van der Waals surface area contributed by atoms with E-state index >= 15 is 0 Å². The normalized spacial score (nSPS) is 21.9. The van der Waals surface area contributed by atoms with Crippen molar-refractivity contribution in [1.82, 2.24) is 15.5 Å². The average Bonchev–Trinajstić information content (AvgIpc) is 2.70. The van der Waals surface area contributed by atoms with Crippen LogP contribution in [0.1, 0.15) is 66.2 Å². The van der Waals surface area contributed by atoms with Gasteiger partial charge in [-0.15, -0.1) is 0 Å². The number of piperidine rings is 1. The summed E-state index contributed by atoms with van der Waals surface area (Å²) in [5, 5.41) is 5.39. The third-order valence-electron chi connectivity index (χ3n) is 5.68. The summed E-state index contributed by atoms with van der Waals surface area (Å²) in [6.07, 6.45) is 7.18. The minimum Gasteiger partial charge on any atom is -0.355 e. The SMILES string of the molecule is CC(=O)NCCNC(=O)c1ccc(C(=O)N2CCC[C@@H]3CCCC[C@@H]32)cc1. The molecule has 2 fully saturated rings. The zero-order chi connectivity index (χ0) is 19.2. The van der Waals surface area contributed by atoms with E-state index < -0.39 is 0 Å². The first-order valence-corrected chi connectivity index (χ1v) is 10.00. The Morgan fingerprint density at radius 1 is 0.926 bits per heavy atom. The van der Waals surface area contributed by atoms with E-state index in [1.165, 1.54) is 32.6 Å². The summed E-state index contributed by atoms with van der Waals surface area (Å²) in [6, 6.07) is 7.28. The number of nitrogens with zero attached hydrogens (tertiary/aromatic N) is 1. The van der Waals surface area contributed by atoms with Crippen LogP contribution in [0.15, 0.2) is 24.3 Å². The van der Waals surface area contributed by atoms with Crippen molar-refractivity contribution in [3.63, 3.8) is 0 Å². The number of benzene rings is 1. The van der Waals surface area contributed by atoms with Gasteiger partial charge in [0.1, 0.15) is 0 Å². The van der Waals surface area contributed by atoms with E-state index in [0.29, 0.717) is 36.2 Å². The molecule has 0 radical (unpaired) electrons. The Morgan fingerprint density at radius 3 is 2.30 bits per heavy atom. The Balaban J connectivity index is 1.58. The number of nitrogens with one attached hydrogen (secondary N) is 2. The van der Waals surface area contributed by atoms with E-state index in [2.05, 4.69) is 15.5 Å². The van der Waals surface area contributed by atoms with E-state index in [1.54, 1.807) is 24.3 Å². The molecule has 1 heterocycles. The second-order valence-corrected chi connectivity index (χ2v) is 7.57. The van der Waals surface area contributed by atoms with Crippen molar-refractivity contribution in [1.29, 1.82) is 0 Å². The molecule has 27 heavy (non-hydrogen) atoms. The lowest BCUT2D eigenvalue weighted by Gasteiger charge is -2.44. The van der Waals surface area contributed by atoms with Crippen LogP contribution in [0.4, 0.5) is 0 Å². The number of hydrogen-bond donors (Lipinski definition) is 2. The molecule has 146 valence electrons. The average molecular weight is 371 g/mol. The van der Waals surface area contributed by atoms with Gasteiger partial charge in [-0.2, -0.15) is 0 Å². The van der Waals surface area contributed by atoms with E-state index in [9.17, 15) is 14.4 Å². The molecular weight excluding hydrogens is 342 g/mol. The van der Waals surface area contributed by atoms with Gasteiger partial charge in [0.2, 0.25) is 5.91 Å². The molecule has 0 spiro atoms. The molecule has 2 N–H and O–H groups in total. The monoisotopic (exact) mass is 371 g/mol. The molecule has 1 aromatic rings. The molecule has 3 amide bonds. The minimum absolute atomic E-state index is 0.0872. The lowest BCUT2D eigenvalue weighted by atomic mass is 9.78. The molecule has 1 saturated heterocycles. The summed E-state index contributed by atoms with van der Waals surface area (Å²) in [6.45, 7) is 3.05. The van der Waals surface area contributed by atoms with Crippen molar-refractivity contribution in [2.75, 3.05) is 19.6 Å². The zero-order valence-electron chi connectivity index (χ0n) is 16.0. The maximum absolute atomic E-state index is 13.0. The highest BCUT2D eigenvalue weighted by molar-refractivity contribution is 5.98. The van der Waals surface area contributed by atoms with E-state index in [4.69, 9.17) is 0 Å². The van der Waals surface area contributed by atoms with E-state index in [0.717, 1.165) is 19.4 Å². The summed E-state index contributed by atoms with van der Waals surface area (Å²) < 4.78 is 0. The first-order chi connectivity index (χ1) is 13.1. The number of fused-ring (bicyclic) bond motifs is 1. The van der Waals surface area contributed by atoms with Crippen molar-refractivity contribution in [3.8, 4) is 0 Å². The molecule has 0 unspecified atom stereocenters. The molecule has 3 rings (SSSR count). The fourth-order valence-electron chi connectivity index (χ4n) is 4.32. The molecule has 1 aliphatic heterocycles. The van der Waals surface area contributed by atoms with Gasteiger partial charge in [0.05, 0.1) is 0 Å². The van der Waals surface area contributed by atoms with E-state index in [-0.39, 0.29) is 17.7 Å². The number of amides is 3. The van der Waals surface area contributed by atoms with Crippen LogP contribution in [0.3, 0.4) is 0 Å². The largest absolute Gasteiger partial charge is 0.355 e. The minimum atomic E-state index is -0.204. The summed E-state index contributed by atoms with van der Waals surface area (Å²) in [7, 11) is 0. The predicted molar refractivity (Wildman–Crippen MR) is 103 cm³/mol. The van der Waals surface area contributed by atoms with Gasteiger partial charge in [0, 0.05) is 43.7 Å². The van der Waals surface area contributed by atoms with Crippen LogP contribution in [-0.4, -0.2) is 48.3 Å². The zero-order valence-corrected chi connectivity index (χ0v) is 16.0. The molecule has 6 heteroatoms. The molecule has 1 aromatic carbocycles. The third-order valence-corrected chi connectivity index (χ3v) is 5.68. The van der Waals surface area contributed by atoms with Gasteiger partial charge in [-0.1, -0.05) is 12.8 Å². The van der Waals surface area contributed by atoms with Crippen LogP contribution in [-0.2, 0) is 4.79 Å². The van der Waals surface area contributed by atoms with Gasteiger partial charge in [-0.25, -0.2) is 0 Å². The first kappa shape index (κ1) is 19.4. The molecule has 1 saturated carbocycles. The highest BCUT2D eigenvalue weighted by atomic mass is 16.2. The topological polar surface area (TPSA) is 78.5 Å². The number of likely N-dealkylation sites (tertiary alicyclic amines) is 1. The summed E-state index contributed by atoms with van der Waals surface area (Å²) in [5.74, 6) is 0.420. The number of carbonyl (C=O) groups excluding carboxylic acids is 3. The van der Waals surface area contributed by atoms with Crippen LogP contribution < -0.4 is 10.6 Å². The van der Waals surface area contributed by atoms with Crippen molar-refractivity contribution >= 4 is 17.7 Å². The van der Waals surface area contributed by atoms with Gasteiger partial charge in [0.25, 0.3) is 11.8 Å². The smallest absolute Gasteiger partial charge is 0.254 e. The Hall–Kier alpha value is -2.37. The molecule has 0 aromatic heterocycles. The molecule has 2 aliphatic rings. The van der Waals surface area contributed by atoms with Crippen LogP contribution >= 0.6 is 0 Å². The summed E-state index contributed by atoms with van der Waals surface area (Å²) in [4.78, 5) is 38.0. The molecule has 0 bridgehead atoms. The second kappa shape index (κ2) is 9.02. The maximum Gasteiger partial charge on any atom is 0.254 e. The fourth-order valence-corrected chi connectivity index (χ4v) is 4.32. The molecule has 1 aliphatic carbocycles. The standard InChI is InChI=1S/C21H29N3O3/c1-15(25)22-12-13-23-20(26)17-8-10-18(11-9-17)21(27)24-14-4-6-16-5-2-3-7-19(16)24/h8-11,16,19H,2-7,12-14H2,1H3,(H,22,25)(H,23,26)/t16-,19-/m0/s1. The number of carbonyl (C=O) groups is 3. The molecule has 2 atom stereocenters. The maximum atomic E-state index is 13.0. The number of rotatable bonds is 5. The number of hydrogen-bond acceptors (Lipinski definition) is 3. The van der Waals surface area contributed by atoms with E-state index in [1.807, 2.05) is 0 Å². The Bertz CT molecular complexity index is 684. The fraction of sp³-hybridized carbons (Fsp3) is 0.571. The van der Waals surface area contributed by atoms with Crippen molar-refractivity contribution in [2.45, 2.75) is 51.5 Å². The Morgan fingerprint density at radius 2 is 1.56 bits per heavy atom. The Labute approximate surface area is 160 Å². The van der Waals surface area contributed by atoms with Gasteiger partial charge in [-0.05, 0) is 55.9 Å². The molecule has 6 nitrogen and oxygen atoms in total. The predicted octanol–water partition coefficient (Wildman–Crippen LogP) is 2.35. The van der Waals surface area contributed by atoms with Gasteiger partial charge < -0.3 is 15.5 Å². The van der Waals surface area contributed by atoms with Gasteiger partial charge in [0.15, 0.2) is 0 Å². The van der Waals surface area contributed by atoms with Crippen LogP contribution in [0, 0.1) is 5.92 Å². The highest BCUT2D eigenvalue weighted by Crippen LogP contribution is 2.35. The second-order valence-electron chi connectivity index (χ2n) is 7.57. The lowest BCUT2D eigenvalue weighted by Crippen LogP contribution is -2.49. The van der Waals surface area contributed by atoms with Crippen LogP contribution in [0.5, 0.6) is 0 Å². The van der Waals surface area contributed by atoms with Crippen molar-refractivity contribution < 1.29 is 14.4 Å².